The molecule has 2 atom stereocenters. The van der Waals surface area contributed by atoms with Crippen LogP contribution in [0.1, 0.15) is 48.7 Å². The predicted molar refractivity (Wildman–Crippen MR) is 142 cm³/mol. The molecule has 0 radical (unpaired) electrons. The number of aryl methyl sites for hydroxylation is 1. The van der Waals surface area contributed by atoms with Crippen molar-refractivity contribution in [3.05, 3.63) is 53.9 Å². The van der Waals surface area contributed by atoms with E-state index in [1.54, 1.807) is 24.5 Å². The van der Waals surface area contributed by atoms with E-state index in [4.69, 9.17) is 0 Å². The van der Waals surface area contributed by atoms with Crippen LogP contribution < -0.4 is 5.32 Å². The van der Waals surface area contributed by atoms with Gasteiger partial charge in [-0.05, 0) is 44.0 Å². The molecule has 0 aromatic carbocycles. The van der Waals surface area contributed by atoms with Crippen molar-refractivity contribution in [2.24, 2.45) is 7.05 Å². The van der Waals surface area contributed by atoms with Crippen LogP contribution in [0.2, 0.25) is 0 Å². The molecule has 0 aliphatic carbocycles. The summed E-state index contributed by atoms with van der Waals surface area (Å²) < 4.78 is 16.6. The number of carbonyl (C=O) groups is 1. The number of hydrogen-bond donors (Lipinski definition) is 1. The van der Waals surface area contributed by atoms with Crippen LogP contribution in [0.4, 0.5) is 16.2 Å². The average molecular weight is 516 g/mol. The number of fused-ring (bicyclic) bond motifs is 3. The molecular weight excluding hydrogens is 485 g/mol. The summed E-state index contributed by atoms with van der Waals surface area (Å²) in [5.41, 5.74) is 2.84. The Labute approximate surface area is 219 Å². The van der Waals surface area contributed by atoms with E-state index in [0.29, 0.717) is 22.6 Å². The van der Waals surface area contributed by atoms with Crippen LogP contribution in [0.3, 0.4) is 0 Å². The van der Waals surface area contributed by atoms with Crippen molar-refractivity contribution >= 4 is 28.7 Å². The molecule has 11 heteroatoms. The summed E-state index contributed by atoms with van der Waals surface area (Å²) in [5, 5.41) is 8.35. The number of likely N-dealkylation sites (N-methyl/N-ethyl adjacent to an activating group) is 1. The minimum absolute atomic E-state index is 0.0176. The third kappa shape index (κ3) is 4.26. The van der Waals surface area contributed by atoms with E-state index in [2.05, 4.69) is 56.1 Å². The molecule has 2 aliphatic heterocycles. The lowest BCUT2D eigenvalue weighted by Crippen LogP contribution is -2.54. The third-order valence-electron chi connectivity index (χ3n) is 7.45. The molecule has 2 fully saturated rings. The van der Waals surface area contributed by atoms with Crippen LogP contribution in [0, 0.1) is 5.82 Å². The Morgan fingerprint density at radius 2 is 1.82 bits per heavy atom. The van der Waals surface area contributed by atoms with Gasteiger partial charge in [-0.15, -0.1) is 0 Å². The van der Waals surface area contributed by atoms with E-state index < -0.39 is 5.82 Å². The molecule has 1 N–H and O–H groups in total. The minimum atomic E-state index is -0.553. The van der Waals surface area contributed by atoms with Crippen molar-refractivity contribution in [3.8, 4) is 11.3 Å². The van der Waals surface area contributed by atoms with Crippen LogP contribution in [-0.2, 0) is 7.05 Å². The van der Waals surface area contributed by atoms with Gasteiger partial charge >= 0.3 is 0 Å². The number of anilines is 2. The lowest BCUT2D eigenvalue weighted by molar-refractivity contribution is 0.0472. The highest BCUT2D eigenvalue weighted by Crippen LogP contribution is 2.32. The maximum Gasteiger partial charge on any atom is 0.256 e. The first-order valence-electron chi connectivity index (χ1n) is 12.9. The van der Waals surface area contributed by atoms with Gasteiger partial charge in [0.15, 0.2) is 11.5 Å². The normalized spacial score (nSPS) is 19.5. The zero-order valence-corrected chi connectivity index (χ0v) is 21.9. The first kappa shape index (κ1) is 24.4. The standard InChI is InChI=1S/C27H30FN9O/c1-15(2)24-20-9-17(11-30-25(20)34-36(24)4)23-21(28)12-31-27(33-23)32-22-8-5-16(10-29-22)26(38)37-18-6-7-19(37)14-35(3)13-18/h5,8-12,15,18-19H,6-7,13-14H2,1-4H3,(H,29,31,32,33). The number of likely N-dealkylation sites (tertiary alicyclic amines) is 1. The van der Waals surface area contributed by atoms with Gasteiger partial charge in [0.1, 0.15) is 11.5 Å². The molecule has 10 nitrogen and oxygen atoms in total. The fraction of sp³-hybridized carbons (Fsp3) is 0.407. The largest absolute Gasteiger partial charge is 0.330 e. The van der Waals surface area contributed by atoms with Gasteiger partial charge in [-0.3, -0.25) is 9.48 Å². The summed E-state index contributed by atoms with van der Waals surface area (Å²) in [5.74, 6) is 0.345. The van der Waals surface area contributed by atoms with Gasteiger partial charge in [0.2, 0.25) is 5.95 Å². The lowest BCUT2D eigenvalue weighted by atomic mass is 10.1. The lowest BCUT2D eigenvalue weighted by Gasteiger charge is -2.39. The molecule has 2 unspecified atom stereocenters. The fourth-order valence-corrected chi connectivity index (χ4v) is 5.84. The average Bonchev–Trinajstić information content (AvgIpc) is 3.37. The number of rotatable bonds is 5. The number of halogens is 1. The van der Waals surface area contributed by atoms with Gasteiger partial charge in [-0.2, -0.15) is 5.10 Å². The van der Waals surface area contributed by atoms with E-state index in [1.165, 1.54) is 0 Å². The number of aromatic nitrogens is 6. The molecule has 2 saturated heterocycles. The van der Waals surface area contributed by atoms with Crippen molar-refractivity contribution in [2.75, 3.05) is 25.5 Å². The van der Waals surface area contributed by atoms with Gasteiger partial charge in [-0.1, -0.05) is 13.8 Å². The van der Waals surface area contributed by atoms with E-state index >= 15 is 0 Å². The fourth-order valence-electron chi connectivity index (χ4n) is 5.84. The second-order valence-electron chi connectivity index (χ2n) is 10.5. The molecule has 0 spiro atoms. The topological polar surface area (TPSA) is 105 Å². The Balaban J connectivity index is 1.23. The van der Waals surface area contributed by atoms with Crippen molar-refractivity contribution in [2.45, 2.75) is 44.7 Å². The summed E-state index contributed by atoms with van der Waals surface area (Å²) in [6, 6.07) is 5.85. The van der Waals surface area contributed by atoms with Crippen molar-refractivity contribution in [1.29, 1.82) is 0 Å². The quantitative estimate of drug-likeness (QED) is 0.429. The molecule has 4 aromatic rings. The summed E-state index contributed by atoms with van der Waals surface area (Å²) in [7, 11) is 3.99. The number of nitrogens with one attached hydrogen (secondary N) is 1. The molecule has 4 aromatic heterocycles. The maximum absolute atomic E-state index is 14.8. The zero-order valence-electron chi connectivity index (χ0n) is 21.9. The first-order chi connectivity index (χ1) is 18.3. The Kier molecular flexibility index (Phi) is 6.02. The minimum Gasteiger partial charge on any atom is -0.330 e. The summed E-state index contributed by atoms with van der Waals surface area (Å²) in [6.45, 7) is 5.97. The smallest absolute Gasteiger partial charge is 0.256 e. The van der Waals surface area contributed by atoms with Crippen molar-refractivity contribution in [1.82, 2.24) is 39.5 Å². The van der Waals surface area contributed by atoms with Crippen LogP contribution in [0.15, 0.2) is 36.8 Å². The third-order valence-corrected chi connectivity index (χ3v) is 7.45. The number of carbonyl (C=O) groups excluding carboxylic acids is 1. The SMILES string of the molecule is CC(C)c1c2cc(-c3nc(Nc4ccc(C(=O)N5C6CCC5CN(C)C6)cn4)ncc3F)cnc2nn1C. The number of piperazine rings is 1. The molecule has 38 heavy (non-hydrogen) atoms. The summed E-state index contributed by atoms with van der Waals surface area (Å²) >= 11 is 0. The van der Waals surface area contributed by atoms with E-state index in [0.717, 1.165) is 43.2 Å². The van der Waals surface area contributed by atoms with E-state index in [-0.39, 0.29) is 35.6 Å². The van der Waals surface area contributed by atoms with Crippen LogP contribution >= 0.6 is 0 Å². The Bertz CT molecular complexity index is 1500. The van der Waals surface area contributed by atoms with E-state index in [9.17, 15) is 9.18 Å². The molecule has 6 rings (SSSR count). The second kappa shape index (κ2) is 9.39. The predicted octanol–water partition coefficient (Wildman–Crippen LogP) is 3.75. The molecule has 2 bridgehead atoms. The van der Waals surface area contributed by atoms with Crippen molar-refractivity contribution in [3.63, 3.8) is 0 Å². The summed E-state index contributed by atoms with van der Waals surface area (Å²) in [6.07, 6.45) is 6.35. The summed E-state index contributed by atoms with van der Waals surface area (Å²) in [4.78, 5) is 34.9. The van der Waals surface area contributed by atoms with Gasteiger partial charge < -0.3 is 15.1 Å². The Morgan fingerprint density at radius 3 is 2.50 bits per heavy atom. The van der Waals surface area contributed by atoms with E-state index in [1.807, 2.05) is 22.7 Å². The number of amides is 1. The van der Waals surface area contributed by atoms with Crippen LogP contribution in [0.25, 0.3) is 22.3 Å². The molecular formula is C27H30FN9O. The number of nitrogens with zero attached hydrogens (tertiary/aromatic N) is 8. The molecule has 0 saturated carbocycles. The monoisotopic (exact) mass is 515 g/mol. The van der Waals surface area contributed by atoms with Gasteiger partial charge in [0.25, 0.3) is 5.91 Å². The highest BCUT2D eigenvalue weighted by molar-refractivity contribution is 5.95. The maximum atomic E-state index is 14.8. The van der Waals surface area contributed by atoms with Crippen molar-refractivity contribution < 1.29 is 9.18 Å². The number of pyridine rings is 2. The number of hydrogen-bond acceptors (Lipinski definition) is 8. The molecule has 1 amide bonds. The van der Waals surface area contributed by atoms with Crippen LogP contribution in [0.5, 0.6) is 0 Å². The Hall–Kier alpha value is -3.99. The molecule has 2 aliphatic rings. The van der Waals surface area contributed by atoms with Gasteiger partial charge in [-0.25, -0.2) is 24.3 Å². The highest BCUT2D eigenvalue weighted by atomic mass is 19.1. The molecule has 6 heterocycles. The molecule has 196 valence electrons. The first-order valence-corrected chi connectivity index (χ1v) is 12.9. The van der Waals surface area contributed by atoms with Crippen LogP contribution in [-0.4, -0.2) is 77.6 Å². The van der Waals surface area contributed by atoms with Gasteiger partial charge in [0, 0.05) is 55.6 Å². The second-order valence-corrected chi connectivity index (χ2v) is 10.5. The zero-order chi connectivity index (χ0) is 26.6. The Morgan fingerprint density at radius 1 is 1.05 bits per heavy atom. The highest BCUT2D eigenvalue weighted by Gasteiger charge is 2.41. The van der Waals surface area contributed by atoms with Gasteiger partial charge in [0.05, 0.1) is 17.5 Å².